The predicted octanol–water partition coefficient (Wildman–Crippen LogP) is 1.19. The first kappa shape index (κ1) is 14.4. The number of nitrogens with zero attached hydrogens (tertiary/aromatic N) is 1. The lowest BCUT2D eigenvalue weighted by atomic mass is 9.98. The van der Waals surface area contributed by atoms with Gasteiger partial charge < -0.3 is 15.0 Å². The van der Waals surface area contributed by atoms with E-state index in [1.807, 2.05) is 18.2 Å². The molecule has 1 atom stereocenters. The van der Waals surface area contributed by atoms with E-state index in [1.54, 1.807) is 37.8 Å². The van der Waals surface area contributed by atoms with E-state index in [0.717, 1.165) is 0 Å². The molecule has 0 radical (unpaired) electrons. The van der Waals surface area contributed by atoms with Crippen LogP contribution in [0.15, 0.2) is 30.3 Å². The Labute approximate surface area is 118 Å². The predicted molar refractivity (Wildman–Crippen MR) is 75.3 cm³/mol. The molecule has 0 aliphatic carbocycles. The van der Waals surface area contributed by atoms with Gasteiger partial charge in [0.15, 0.2) is 6.10 Å². The summed E-state index contributed by atoms with van der Waals surface area (Å²) in [6.45, 7) is 6.17. The van der Waals surface area contributed by atoms with E-state index in [0.29, 0.717) is 18.8 Å². The van der Waals surface area contributed by atoms with Crippen molar-refractivity contribution in [3.8, 4) is 5.75 Å². The molecule has 2 amide bonds. The fraction of sp³-hybridized carbons (Fsp3) is 0.467. The highest BCUT2D eigenvalue weighted by Crippen LogP contribution is 2.20. The number of carbonyl (C=O) groups excluding carboxylic acids is 2. The standard InChI is InChI=1S/C15H20N2O3/c1-11(20-12-7-5-4-6-8-12)13(18)17-10-9-16-14(19)15(17,2)3/h4-8,11H,9-10H2,1-3H3,(H,16,19). The van der Waals surface area contributed by atoms with E-state index >= 15 is 0 Å². The molecule has 5 heteroatoms. The molecular weight excluding hydrogens is 256 g/mol. The van der Waals surface area contributed by atoms with Crippen LogP contribution in [0.4, 0.5) is 0 Å². The smallest absolute Gasteiger partial charge is 0.264 e. The third-order valence-corrected chi connectivity index (χ3v) is 3.52. The van der Waals surface area contributed by atoms with Crippen LogP contribution in [0.5, 0.6) is 5.75 Å². The maximum absolute atomic E-state index is 12.5. The first-order valence-corrected chi connectivity index (χ1v) is 6.74. The van der Waals surface area contributed by atoms with Gasteiger partial charge in [0.2, 0.25) is 5.91 Å². The van der Waals surface area contributed by atoms with Crippen LogP contribution in [0.25, 0.3) is 0 Å². The number of carbonyl (C=O) groups is 2. The highest BCUT2D eigenvalue weighted by molar-refractivity contribution is 5.93. The Morgan fingerprint density at radius 1 is 1.35 bits per heavy atom. The maximum Gasteiger partial charge on any atom is 0.264 e. The van der Waals surface area contributed by atoms with Crippen LogP contribution < -0.4 is 10.1 Å². The van der Waals surface area contributed by atoms with Crippen LogP contribution in [0, 0.1) is 0 Å². The number of amides is 2. The molecule has 1 aromatic carbocycles. The average Bonchev–Trinajstić information content (AvgIpc) is 2.42. The van der Waals surface area contributed by atoms with Gasteiger partial charge in [0.1, 0.15) is 11.3 Å². The lowest BCUT2D eigenvalue weighted by Crippen LogP contribution is -2.65. The maximum atomic E-state index is 12.5. The molecule has 0 saturated carbocycles. The van der Waals surface area contributed by atoms with Crippen LogP contribution in [0.1, 0.15) is 20.8 Å². The molecule has 1 aliphatic rings. The summed E-state index contributed by atoms with van der Waals surface area (Å²) in [6.07, 6.45) is -0.623. The Bertz CT molecular complexity index is 499. The van der Waals surface area contributed by atoms with Gasteiger partial charge in [-0.1, -0.05) is 18.2 Å². The normalized spacial score (nSPS) is 19.1. The Kier molecular flexibility index (Phi) is 3.97. The van der Waals surface area contributed by atoms with Gasteiger partial charge in [0, 0.05) is 13.1 Å². The minimum atomic E-state index is -0.844. The van der Waals surface area contributed by atoms with E-state index in [4.69, 9.17) is 4.74 Å². The van der Waals surface area contributed by atoms with Gasteiger partial charge in [-0.25, -0.2) is 0 Å². The Hall–Kier alpha value is -2.04. The van der Waals surface area contributed by atoms with E-state index in [1.165, 1.54) is 0 Å². The van der Waals surface area contributed by atoms with Crippen LogP contribution in [0.2, 0.25) is 0 Å². The van der Waals surface area contributed by atoms with Crippen molar-refractivity contribution in [2.45, 2.75) is 32.4 Å². The van der Waals surface area contributed by atoms with Gasteiger partial charge in [0.25, 0.3) is 5.91 Å². The van der Waals surface area contributed by atoms with Gasteiger partial charge in [-0.15, -0.1) is 0 Å². The quantitative estimate of drug-likeness (QED) is 0.902. The van der Waals surface area contributed by atoms with Crippen LogP contribution >= 0.6 is 0 Å². The molecule has 1 heterocycles. The lowest BCUT2D eigenvalue weighted by molar-refractivity contribution is -0.153. The number of hydrogen-bond acceptors (Lipinski definition) is 3. The van der Waals surface area contributed by atoms with Gasteiger partial charge >= 0.3 is 0 Å². The lowest BCUT2D eigenvalue weighted by Gasteiger charge is -2.42. The first-order chi connectivity index (χ1) is 9.43. The van der Waals surface area contributed by atoms with Crippen molar-refractivity contribution in [1.82, 2.24) is 10.2 Å². The molecule has 20 heavy (non-hydrogen) atoms. The summed E-state index contributed by atoms with van der Waals surface area (Å²) in [5.74, 6) is 0.338. The second-order valence-electron chi connectivity index (χ2n) is 5.38. The molecule has 2 rings (SSSR count). The Morgan fingerprint density at radius 2 is 2.00 bits per heavy atom. The zero-order valence-electron chi connectivity index (χ0n) is 12.1. The minimum absolute atomic E-state index is 0.135. The van der Waals surface area contributed by atoms with Gasteiger partial charge in [0.05, 0.1) is 0 Å². The summed E-state index contributed by atoms with van der Waals surface area (Å²) in [6, 6.07) is 9.20. The molecule has 0 aromatic heterocycles. The summed E-state index contributed by atoms with van der Waals surface area (Å²) < 4.78 is 5.63. The molecule has 108 valence electrons. The Morgan fingerprint density at radius 3 is 2.65 bits per heavy atom. The van der Waals surface area contributed by atoms with Crippen LogP contribution in [0.3, 0.4) is 0 Å². The van der Waals surface area contributed by atoms with Gasteiger partial charge in [-0.05, 0) is 32.9 Å². The zero-order chi connectivity index (χ0) is 14.8. The molecule has 1 aromatic rings. The molecule has 1 saturated heterocycles. The van der Waals surface area contributed by atoms with E-state index in [-0.39, 0.29) is 11.8 Å². The van der Waals surface area contributed by atoms with Crippen molar-refractivity contribution in [1.29, 1.82) is 0 Å². The zero-order valence-corrected chi connectivity index (χ0v) is 12.1. The molecule has 1 fully saturated rings. The van der Waals surface area contributed by atoms with Crippen LogP contribution in [-0.2, 0) is 9.59 Å². The molecule has 1 unspecified atom stereocenters. The summed E-state index contributed by atoms with van der Waals surface area (Å²) in [7, 11) is 0. The first-order valence-electron chi connectivity index (χ1n) is 6.74. The second kappa shape index (κ2) is 5.53. The number of benzene rings is 1. The summed E-state index contributed by atoms with van der Waals surface area (Å²) in [5.41, 5.74) is -0.844. The van der Waals surface area contributed by atoms with E-state index in [9.17, 15) is 9.59 Å². The van der Waals surface area contributed by atoms with E-state index in [2.05, 4.69) is 5.32 Å². The largest absolute Gasteiger partial charge is 0.481 e. The summed E-state index contributed by atoms with van der Waals surface area (Å²) >= 11 is 0. The number of hydrogen-bond donors (Lipinski definition) is 1. The summed E-state index contributed by atoms with van der Waals surface area (Å²) in [5, 5.41) is 2.77. The number of nitrogens with one attached hydrogen (secondary N) is 1. The van der Waals surface area contributed by atoms with Crippen LogP contribution in [-0.4, -0.2) is 41.4 Å². The number of para-hydroxylation sites is 1. The molecule has 1 aliphatic heterocycles. The van der Waals surface area contributed by atoms with Crippen molar-refractivity contribution in [2.75, 3.05) is 13.1 Å². The van der Waals surface area contributed by atoms with Crippen molar-refractivity contribution >= 4 is 11.8 Å². The second-order valence-corrected chi connectivity index (χ2v) is 5.38. The fourth-order valence-corrected chi connectivity index (χ4v) is 2.26. The number of rotatable bonds is 3. The van der Waals surface area contributed by atoms with Crippen molar-refractivity contribution in [2.24, 2.45) is 0 Å². The van der Waals surface area contributed by atoms with Gasteiger partial charge in [-0.2, -0.15) is 0 Å². The number of ether oxygens (including phenoxy) is 1. The van der Waals surface area contributed by atoms with Crippen molar-refractivity contribution in [3.05, 3.63) is 30.3 Å². The van der Waals surface area contributed by atoms with Crippen molar-refractivity contribution in [3.63, 3.8) is 0 Å². The van der Waals surface area contributed by atoms with Gasteiger partial charge in [-0.3, -0.25) is 9.59 Å². The monoisotopic (exact) mass is 276 g/mol. The SMILES string of the molecule is CC(Oc1ccccc1)C(=O)N1CCNC(=O)C1(C)C. The average molecular weight is 276 g/mol. The third kappa shape index (κ3) is 2.76. The molecule has 1 N–H and O–H groups in total. The molecule has 0 spiro atoms. The highest BCUT2D eigenvalue weighted by Gasteiger charge is 2.42. The Balaban J connectivity index is 2.08. The molecule has 5 nitrogen and oxygen atoms in total. The molecule has 0 bridgehead atoms. The highest BCUT2D eigenvalue weighted by atomic mass is 16.5. The number of piperazine rings is 1. The van der Waals surface area contributed by atoms with E-state index < -0.39 is 11.6 Å². The molecular formula is C15H20N2O3. The summed E-state index contributed by atoms with van der Waals surface area (Å²) in [4.78, 5) is 25.9. The van der Waals surface area contributed by atoms with Crippen molar-refractivity contribution < 1.29 is 14.3 Å². The third-order valence-electron chi connectivity index (χ3n) is 3.52. The fourth-order valence-electron chi connectivity index (χ4n) is 2.26. The minimum Gasteiger partial charge on any atom is -0.481 e. The topological polar surface area (TPSA) is 58.6 Å².